The first kappa shape index (κ1) is 13.6. The number of hydrogen-bond acceptors (Lipinski definition) is 2. The van der Waals surface area contributed by atoms with Crippen molar-refractivity contribution >= 4 is 0 Å². The van der Waals surface area contributed by atoms with E-state index in [9.17, 15) is 0 Å². The van der Waals surface area contributed by atoms with Gasteiger partial charge in [0.1, 0.15) is 0 Å². The predicted molar refractivity (Wildman–Crippen MR) is 74.6 cm³/mol. The fourth-order valence-electron chi connectivity index (χ4n) is 1.63. The Balaban J connectivity index is 0.000000181. The first-order valence-corrected chi connectivity index (χ1v) is 6.36. The Labute approximate surface area is 106 Å². The molecule has 1 aliphatic rings. The number of unbranched alkanes of at least 4 members (excludes halogenated alkanes) is 1. The van der Waals surface area contributed by atoms with Gasteiger partial charge in [-0.15, -0.1) is 0 Å². The average Bonchev–Trinajstić information content (AvgIpc) is 2.74. The summed E-state index contributed by atoms with van der Waals surface area (Å²) in [5.74, 6) is 0. The molecule has 0 saturated carbocycles. The molecule has 1 aliphatic heterocycles. The molecule has 17 heavy (non-hydrogen) atoms. The highest BCUT2D eigenvalue weighted by atomic mass is 15.3. The minimum absolute atomic E-state index is 1.07. The largest absolute Gasteiger partial charge is 0.362 e. The summed E-state index contributed by atoms with van der Waals surface area (Å²) >= 11 is 0. The minimum atomic E-state index is 1.07. The fourth-order valence-corrected chi connectivity index (χ4v) is 1.63. The van der Waals surface area contributed by atoms with Gasteiger partial charge in [-0.05, 0) is 13.3 Å². The van der Waals surface area contributed by atoms with Crippen LogP contribution in [0.4, 0.5) is 0 Å². The third-order valence-electron chi connectivity index (χ3n) is 2.68. The van der Waals surface area contributed by atoms with E-state index in [1.807, 2.05) is 18.2 Å². The van der Waals surface area contributed by atoms with E-state index in [0.29, 0.717) is 0 Å². The van der Waals surface area contributed by atoms with Gasteiger partial charge in [-0.25, -0.2) is 0 Å². The van der Waals surface area contributed by atoms with Gasteiger partial charge in [-0.2, -0.15) is 0 Å². The maximum absolute atomic E-state index is 2.34. The van der Waals surface area contributed by atoms with Crippen molar-refractivity contribution in [1.82, 2.24) is 9.80 Å². The van der Waals surface area contributed by atoms with Crippen molar-refractivity contribution in [2.45, 2.75) is 26.7 Å². The SMILES string of the molecule is CCCCN1C=CN(C)C1.Cc1ccccc1. The summed E-state index contributed by atoms with van der Waals surface area (Å²) in [4.78, 5) is 4.53. The summed E-state index contributed by atoms with van der Waals surface area (Å²) in [7, 11) is 2.10. The second-order valence-corrected chi connectivity index (χ2v) is 4.52. The molecule has 2 nitrogen and oxygen atoms in total. The lowest BCUT2D eigenvalue weighted by atomic mass is 10.2. The van der Waals surface area contributed by atoms with Crippen molar-refractivity contribution in [3.05, 3.63) is 48.3 Å². The fraction of sp³-hybridized carbons (Fsp3) is 0.467. The number of rotatable bonds is 3. The Kier molecular flexibility index (Phi) is 6.23. The predicted octanol–water partition coefficient (Wildman–Crippen LogP) is 3.46. The van der Waals surface area contributed by atoms with Crippen molar-refractivity contribution in [1.29, 1.82) is 0 Å². The minimum Gasteiger partial charge on any atom is -0.362 e. The van der Waals surface area contributed by atoms with Crippen LogP contribution in [0.2, 0.25) is 0 Å². The highest BCUT2D eigenvalue weighted by Gasteiger charge is 2.05. The van der Waals surface area contributed by atoms with E-state index < -0.39 is 0 Å². The van der Waals surface area contributed by atoms with Gasteiger partial charge in [0, 0.05) is 26.0 Å². The lowest BCUT2D eigenvalue weighted by Crippen LogP contribution is -2.23. The second-order valence-electron chi connectivity index (χ2n) is 4.52. The highest BCUT2D eigenvalue weighted by Crippen LogP contribution is 2.04. The van der Waals surface area contributed by atoms with Crippen molar-refractivity contribution in [2.24, 2.45) is 0 Å². The average molecular weight is 232 g/mol. The zero-order valence-electron chi connectivity index (χ0n) is 11.3. The normalized spacial score (nSPS) is 13.6. The van der Waals surface area contributed by atoms with Crippen LogP contribution in [0.3, 0.4) is 0 Å². The van der Waals surface area contributed by atoms with Gasteiger partial charge < -0.3 is 9.80 Å². The van der Waals surface area contributed by atoms with Gasteiger partial charge in [0.15, 0.2) is 0 Å². The van der Waals surface area contributed by atoms with Gasteiger partial charge in [0.2, 0.25) is 0 Å². The van der Waals surface area contributed by atoms with E-state index in [4.69, 9.17) is 0 Å². The summed E-state index contributed by atoms with van der Waals surface area (Å²) in [5, 5.41) is 0. The van der Waals surface area contributed by atoms with Crippen LogP contribution in [0.5, 0.6) is 0 Å². The molecule has 0 spiro atoms. The molecule has 0 N–H and O–H groups in total. The quantitative estimate of drug-likeness (QED) is 0.787. The van der Waals surface area contributed by atoms with E-state index in [-0.39, 0.29) is 0 Å². The molecule has 2 heteroatoms. The van der Waals surface area contributed by atoms with Crippen LogP contribution >= 0.6 is 0 Å². The molecule has 0 saturated heterocycles. The monoisotopic (exact) mass is 232 g/mol. The zero-order valence-corrected chi connectivity index (χ0v) is 11.3. The van der Waals surface area contributed by atoms with Crippen molar-refractivity contribution in [3.8, 4) is 0 Å². The molecular formula is C15H24N2. The maximum Gasteiger partial charge on any atom is 0.0890 e. The third-order valence-corrected chi connectivity index (χ3v) is 2.68. The van der Waals surface area contributed by atoms with E-state index in [2.05, 4.69) is 55.2 Å². The number of nitrogens with zero attached hydrogens (tertiary/aromatic N) is 2. The van der Waals surface area contributed by atoms with E-state index >= 15 is 0 Å². The number of aryl methyl sites for hydroxylation is 1. The molecule has 0 unspecified atom stereocenters. The van der Waals surface area contributed by atoms with Crippen LogP contribution in [-0.2, 0) is 0 Å². The lowest BCUT2D eigenvalue weighted by Gasteiger charge is -2.17. The highest BCUT2D eigenvalue weighted by molar-refractivity contribution is 5.11. The summed E-state index contributed by atoms with van der Waals surface area (Å²) in [5.41, 5.74) is 1.32. The van der Waals surface area contributed by atoms with Gasteiger partial charge in [0.25, 0.3) is 0 Å². The van der Waals surface area contributed by atoms with Crippen LogP contribution < -0.4 is 0 Å². The Bertz CT molecular complexity index is 319. The summed E-state index contributed by atoms with van der Waals surface area (Å²) in [6.07, 6.45) is 6.87. The summed E-state index contributed by atoms with van der Waals surface area (Å²) in [6.45, 7) is 6.58. The third kappa shape index (κ3) is 6.00. The van der Waals surface area contributed by atoms with Gasteiger partial charge in [-0.3, -0.25) is 0 Å². The van der Waals surface area contributed by atoms with Crippen LogP contribution in [0, 0.1) is 6.92 Å². The zero-order chi connectivity index (χ0) is 12.5. The Morgan fingerprint density at radius 1 is 1.12 bits per heavy atom. The van der Waals surface area contributed by atoms with Crippen molar-refractivity contribution in [2.75, 3.05) is 20.3 Å². The Morgan fingerprint density at radius 3 is 2.24 bits per heavy atom. The van der Waals surface area contributed by atoms with Crippen LogP contribution in [0.25, 0.3) is 0 Å². The molecule has 0 fully saturated rings. The second kappa shape index (κ2) is 7.77. The summed E-state index contributed by atoms with van der Waals surface area (Å²) in [6, 6.07) is 10.3. The van der Waals surface area contributed by atoms with Gasteiger partial charge in [-0.1, -0.05) is 49.2 Å². The molecular weight excluding hydrogens is 208 g/mol. The van der Waals surface area contributed by atoms with Crippen LogP contribution in [0.15, 0.2) is 42.7 Å². The Hall–Kier alpha value is -1.44. The van der Waals surface area contributed by atoms with Gasteiger partial charge >= 0.3 is 0 Å². The molecule has 94 valence electrons. The first-order chi connectivity index (χ1) is 8.22. The van der Waals surface area contributed by atoms with Crippen molar-refractivity contribution in [3.63, 3.8) is 0 Å². The van der Waals surface area contributed by atoms with Crippen LogP contribution in [-0.4, -0.2) is 30.1 Å². The molecule has 0 amide bonds. The molecule has 1 aromatic carbocycles. The lowest BCUT2D eigenvalue weighted by molar-refractivity contribution is 0.293. The molecule has 0 bridgehead atoms. The summed E-state index contributed by atoms with van der Waals surface area (Å²) < 4.78 is 0. The topological polar surface area (TPSA) is 6.48 Å². The smallest absolute Gasteiger partial charge is 0.0890 e. The molecule has 0 atom stereocenters. The standard InChI is InChI=1S/C8H16N2.C7H8/c1-3-4-5-10-7-6-9(2)8-10;1-7-5-3-2-4-6-7/h6-7H,3-5,8H2,1-2H3;2-6H,1H3. The maximum atomic E-state index is 2.34. The van der Waals surface area contributed by atoms with Crippen molar-refractivity contribution < 1.29 is 0 Å². The molecule has 0 radical (unpaired) electrons. The van der Waals surface area contributed by atoms with E-state index in [1.54, 1.807) is 0 Å². The molecule has 0 aromatic heterocycles. The van der Waals surface area contributed by atoms with E-state index in [0.717, 1.165) is 6.67 Å². The van der Waals surface area contributed by atoms with Crippen LogP contribution in [0.1, 0.15) is 25.3 Å². The van der Waals surface area contributed by atoms with Gasteiger partial charge in [0.05, 0.1) is 6.67 Å². The Morgan fingerprint density at radius 2 is 1.82 bits per heavy atom. The molecule has 1 heterocycles. The first-order valence-electron chi connectivity index (χ1n) is 6.36. The molecule has 1 aromatic rings. The molecule has 2 rings (SSSR count). The number of benzene rings is 1. The molecule has 0 aliphatic carbocycles. The number of hydrogen-bond donors (Lipinski definition) is 0. The van der Waals surface area contributed by atoms with E-state index in [1.165, 1.54) is 24.9 Å².